The Morgan fingerprint density at radius 2 is 1.50 bits per heavy atom. The Hall–Kier alpha value is -1.86. The number of benzene rings is 2. The number of hydrogen-bond acceptors (Lipinski definition) is 1. The molecular formula is C21H26O. The predicted octanol–water partition coefficient (Wildman–Crippen LogP) is 5.10. The SMILES string of the molecule is C=CCCCC(c1ccccc1)(c1ccccc1)C(O)CC. The van der Waals surface area contributed by atoms with Gasteiger partial charge in [-0.2, -0.15) is 0 Å². The number of unbranched alkanes of at least 4 members (excludes halogenated alkanes) is 1. The lowest BCUT2D eigenvalue weighted by atomic mass is 9.66. The summed E-state index contributed by atoms with van der Waals surface area (Å²) in [5.74, 6) is 0. The van der Waals surface area contributed by atoms with E-state index < -0.39 is 6.10 Å². The summed E-state index contributed by atoms with van der Waals surface area (Å²) in [6, 6.07) is 20.8. The Labute approximate surface area is 134 Å². The van der Waals surface area contributed by atoms with Crippen molar-refractivity contribution in [2.75, 3.05) is 0 Å². The number of aliphatic hydroxyl groups excluding tert-OH is 1. The fraction of sp³-hybridized carbons (Fsp3) is 0.333. The van der Waals surface area contributed by atoms with E-state index in [0.717, 1.165) is 25.7 Å². The molecule has 0 saturated heterocycles. The van der Waals surface area contributed by atoms with Gasteiger partial charge in [-0.25, -0.2) is 0 Å². The van der Waals surface area contributed by atoms with Crippen molar-refractivity contribution >= 4 is 0 Å². The van der Waals surface area contributed by atoms with Gasteiger partial charge in [0.05, 0.1) is 6.10 Å². The topological polar surface area (TPSA) is 20.2 Å². The summed E-state index contributed by atoms with van der Waals surface area (Å²) in [5.41, 5.74) is 2.04. The van der Waals surface area contributed by atoms with Gasteiger partial charge in [-0.3, -0.25) is 0 Å². The highest BCUT2D eigenvalue weighted by molar-refractivity contribution is 5.41. The van der Waals surface area contributed by atoms with Crippen LogP contribution in [0.3, 0.4) is 0 Å². The molecule has 2 rings (SSSR count). The lowest BCUT2D eigenvalue weighted by molar-refractivity contribution is 0.0912. The van der Waals surface area contributed by atoms with E-state index in [2.05, 4.69) is 62.0 Å². The first kappa shape index (κ1) is 16.5. The normalized spacial score (nSPS) is 12.8. The summed E-state index contributed by atoms with van der Waals surface area (Å²) in [5, 5.41) is 10.9. The minimum absolute atomic E-state index is 0.347. The van der Waals surface area contributed by atoms with E-state index in [1.807, 2.05) is 18.2 Å². The number of rotatable bonds is 8. The molecular weight excluding hydrogens is 268 g/mol. The Morgan fingerprint density at radius 3 is 1.91 bits per heavy atom. The molecule has 0 aliphatic carbocycles. The summed E-state index contributed by atoms with van der Waals surface area (Å²) in [7, 11) is 0. The van der Waals surface area contributed by atoms with Crippen LogP contribution in [0.4, 0.5) is 0 Å². The largest absolute Gasteiger partial charge is 0.392 e. The van der Waals surface area contributed by atoms with Crippen molar-refractivity contribution in [2.24, 2.45) is 0 Å². The van der Waals surface area contributed by atoms with E-state index in [9.17, 15) is 5.11 Å². The number of hydrogen-bond donors (Lipinski definition) is 1. The zero-order valence-corrected chi connectivity index (χ0v) is 13.4. The Morgan fingerprint density at radius 1 is 1.00 bits per heavy atom. The van der Waals surface area contributed by atoms with Gasteiger partial charge in [-0.15, -0.1) is 6.58 Å². The Bertz CT molecular complexity index is 519. The zero-order chi connectivity index (χ0) is 15.8. The lowest BCUT2D eigenvalue weighted by Crippen LogP contribution is -2.40. The molecule has 116 valence electrons. The van der Waals surface area contributed by atoms with Crippen molar-refractivity contribution in [2.45, 2.75) is 44.1 Å². The maximum atomic E-state index is 10.9. The third kappa shape index (κ3) is 3.31. The highest BCUT2D eigenvalue weighted by Gasteiger charge is 2.39. The van der Waals surface area contributed by atoms with Crippen molar-refractivity contribution < 1.29 is 5.11 Å². The van der Waals surface area contributed by atoms with E-state index in [4.69, 9.17) is 0 Å². The Balaban J connectivity index is 2.55. The van der Waals surface area contributed by atoms with E-state index in [1.165, 1.54) is 11.1 Å². The van der Waals surface area contributed by atoms with Gasteiger partial charge < -0.3 is 5.11 Å². The molecule has 22 heavy (non-hydrogen) atoms. The van der Waals surface area contributed by atoms with Gasteiger partial charge in [0.1, 0.15) is 0 Å². The molecule has 0 spiro atoms. The van der Waals surface area contributed by atoms with Crippen molar-refractivity contribution in [3.05, 3.63) is 84.4 Å². The zero-order valence-electron chi connectivity index (χ0n) is 13.4. The molecule has 1 unspecified atom stereocenters. The second-order valence-corrected chi connectivity index (χ2v) is 5.81. The molecule has 0 amide bonds. The molecule has 0 radical (unpaired) electrons. The van der Waals surface area contributed by atoms with Crippen LogP contribution in [0, 0.1) is 0 Å². The van der Waals surface area contributed by atoms with Crippen molar-refractivity contribution in [3.8, 4) is 0 Å². The van der Waals surface area contributed by atoms with Crippen molar-refractivity contribution in [1.82, 2.24) is 0 Å². The van der Waals surface area contributed by atoms with Gasteiger partial charge in [-0.05, 0) is 36.8 Å². The van der Waals surface area contributed by atoms with Gasteiger partial charge in [0.25, 0.3) is 0 Å². The molecule has 2 aromatic carbocycles. The number of aliphatic hydroxyl groups is 1. The molecule has 0 aliphatic heterocycles. The predicted molar refractivity (Wildman–Crippen MR) is 94.0 cm³/mol. The standard InChI is InChI=1S/C21H26O/c1-3-5-12-17-21(20(22)4-2,18-13-8-6-9-14-18)19-15-10-7-11-16-19/h3,6-11,13-16,20,22H,1,4-5,12,17H2,2H3. The molecule has 0 aromatic heterocycles. The maximum Gasteiger partial charge on any atom is 0.0674 e. The molecule has 1 N–H and O–H groups in total. The summed E-state index contributed by atoms with van der Waals surface area (Å²) >= 11 is 0. The first-order valence-corrected chi connectivity index (χ1v) is 8.15. The van der Waals surface area contributed by atoms with Crippen LogP contribution in [0.25, 0.3) is 0 Å². The van der Waals surface area contributed by atoms with Crippen LogP contribution in [-0.2, 0) is 5.41 Å². The summed E-state index contributed by atoms with van der Waals surface area (Å²) in [4.78, 5) is 0. The van der Waals surface area contributed by atoms with Crippen LogP contribution in [-0.4, -0.2) is 11.2 Å². The first-order valence-electron chi connectivity index (χ1n) is 8.15. The molecule has 2 aromatic rings. The van der Waals surface area contributed by atoms with Crippen LogP contribution in [0.1, 0.15) is 43.7 Å². The van der Waals surface area contributed by atoms with E-state index in [0.29, 0.717) is 0 Å². The monoisotopic (exact) mass is 294 g/mol. The Kier molecular flexibility index (Phi) is 5.97. The molecule has 0 fully saturated rings. The molecule has 0 saturated carbocycles. The molecule has 1 atom stereocenters. The third-order valence-corrected chi connectivity index (χ3v) is 4.51. The van der Waals surface area contributed by atoms with Crippen molar-refractivity contribution in [1.29, 1.82) is 0 Å². The average molecular weight is 294 g/mol. The van der Waals surface area contributed by atoms with Crippen molar-refractivity contribution in [3.63, 3.8) is 0 Å². The van der Waals surface area contributed by atoms with Crippen LogP contribution in [0.15, 0.2) is 73.3 Å². The number of allylic oxidation sites excluding steroid dienone is 1. The molecule has 0 bridgehead atoms. The fourth-order valence-corrected chi connectivity index (χ4v) is 3.35. The molecule has 0 heterocycles. The average Bonchev–Trinajstić information content (AvgIpc) is 2.60. The van der Waals surface area contributed by atoms with Crippen LogP contribution < -0.4 is 0 Å². The minimum atomic E-state index is -0.401. The lowest BCUT2D eigenvalue weighted by Gasteiger charge is -2.39. The smallest absolute Gasteiger partial charge is 0.0674 e. The first-order chi connectivity index (χ1) is 10.8. The minimum Gasteiger partial charge on any atom is -0.392 e. The van der Waals surface area contributed by atoms with E-state index >= 15 is 0 Å². The molecule has 0 aliphatic rings. The van der Waals surface area contributed by atoms with Crippen LogP contribution in [0.2, 0.25) is 0 Å². The van der Waals surface area contributed by atoms with Gasteiger partial charge in [0.2, 0.25) is 0 Å². The van der Waals surface area contributed by atoms with E-state index in [-0.39, 0.29) is 5.41 Å². The highest BCUT2D eigenvalue weighted by Crippen LogP contribution is 2.41. The summed E-state index contributed by atoms with van der Waals surface area (Å²) < 4.78 is 0. The summed E-state index contributed by atoms with van der Waals surface area (Å²) in [6.07, 6.45) is 5.20. The summed E-state index contributed by atoms with van der Waals surface area (Å²) in [6.45, 7) is 5.88. The second kappa shape index (κ2) is 7.95. The van der Waals surface area contributed by atoms with Gasteiger partial charge in [-0.1, -0.05) is 73.7 Å². The van der Waals surface area contributed by atoms with Gasteiger partial charge in [0.15, 0.2) is 0 Å². The van der Waals surface area contributed by atoms with Crippen LogP contribution >= 0.6 is 0 Å². The maximum absolute atomic E-state index is 10.9. The van der Waals surface area contributed by atoms with Gasteiger partial charge in [0, 0.05) is 5.41 Å². The van der Waals surface area contributed by atoms with Gasteiger partial charge >= 0.3 is 0 Å². The quantitative estimate of drug-likeness (QED) is 0.530. The third-order valence-electron chi connectivity index (χ3n) is 4.51. The molecule has 1 heteroatoms. The highest BCUT2D eigenvalue weighted by atomic mass is 16.3. The molecule has 1 nitrogen and oxygen atoms in total. The van der Waals surface area contributed by atoms with E-state index in [1.54, 1.807) is 0 Å². The fourth-order valence-electron chi connectivity index (χ4n) is 3.35. The second-order valence-electron chi connectivity index (χ2n) is 5.81. The van der Waals surface area contributed by atoms with Crippen LogP contribution in [0.5, 0.6) is 0 Å².